The zero-order valence-electron chi connectivity index (χ0n) is 10.1. The maximum atomic E-state index is 9.65. The lowest BCUT2D eigenvalue weighted by atomic mass is 9.72. The second kappa shape index (κ2) is 4.56. The monoisotopic (exact) mass is 240 g/mol. The minimum absolute atomic E-state index is 0.0129. The number of hydrogen-bond acceptors (Lipinski definition) is 2. The highest BCUT2D eigenvalue weighted by atomic mass is 16.3. The molecule has 1 aliphatic carbocycles. The molecule has 0 heterocycles. The van der Waals surface area contributed by atoms with Gasteiger partial charge in [0.1, 0.15) is 0 Å². The highest BCUT2D eigenvalue weighted by Gasteiger charge is 2.32. The lowest BCUT2D eigenvalue weighted by Crippen LogP contribution is -2.23. The summed E-state index contributed by atoms with van der Waals surface area (Å²) in [6, 6.07) is 16.3. The Morgan fingerprint density at radius 2 is 1.06 bits per heavy atom. The zero-order chi connectivity index (χ0) is 12.5. The van der Waals surface area contributed by atoms with E-state index in [1.165, 1.54) is 11.1 Å². The van der Waals surface area contributed by atoms with Gasteiger partial charge in [-0.1, -0.05) is 48.5 Å². The number of rotatable bonds is 2. The van der Waals surface area contributed by atoms with Crippen molar-refractivity contribution in [1.82, 2.24) is 0 Å². The smallest absolute Gasteiger partial charge is 0.0506 e. The van der Waals surface area contributed by atoms with Gasteiger partial charge >= 0.3 is 0 Å². The lowest BCUT2D eigenvalue weighted by Gasteiger charge is -2.33. The number of hydrogen-bond donors (Lipinski definition) is 2. The van der Waals surface area contributed by atoms with Crippen LogP contribution in [-0.4, -0.2) is 23.4 Å². The first kappa shape index (κ1) is 11.5. The summed E-state index contributed by atoms with van der Waals surface area (Å²) in [4.78, 5) is 0. The van der Waals surface area contributed by atoms with E-state index in [1.807, 2.05) is 24.3 Å². The van der Waals surface area contributed by atoms with Crippen molar-refractivity contribution < 1.29 is 10.2 Å². The van der Waals surface area contributed by atoms with Crippen LogP contribution in [0, 0.1) is 0 Å². The molecule has 0 radical (unpaired) electrons. The fourth-order valence-electron chi connectivity index (χ4n) is 3.02. The molecule has 2 heteroatoms. The van der Waals surface area contributed by atoms with Gasteiger partial charge in [-0.05, 0) is 22.3 Å². The van der Waals surface area contributed by atoms with E-state index < -0.39 is 0 Å². The van der Waals surface area contributed by atoms with Crippen LogP contribution >= 0.6 is 0 Å². The van der Waals surface area contributed by atoms with Crippen LogP contribution < -0.4 is 0 Å². The largest absolute Gasteiger partial charge is 0.396 e. The molecule has 0 spiro atoms. The Labute approximate surface area is 107 Å². The van der Waals surface area contributed by atoms with E-state index >= 15 is 0 Å². The third-order valence-electron chi connectivity index (χ3n) is 3.89. The van der Waals surface area contributed by atoms with Crippen LogP contribution in [0.1, 0.15) is 23.0 Å². The Hall–Kier alpha value is -1.64. The molecule has 0 unspecified atom stereocenters. The molecule has 0 fully saturated rings. The summed E-state index contributed by atoms with van der Waals surface area (Å²) in [6.07, 6.45) is 0. The Bertz CT molecular complexity index is 511. The summed E-state index contributed by atoms with van der Waals surface area (Å²) in [5.74, 6) is -0.0257. The van der Waals surface area contributed by atoms with Gasteiger partial charge in [0.25, 0.3) is 0 Å². The third-order valence-corrected chi connectivity index (χ3v) is 3.89. The quantitative estimate of drug-likeness (QED) is 0.846. The van der Waals surface area contributed by atoms with Gasteiger partial charge < -0.3 is 10.2 Å². The van der Waals surface area contributed by atoms with Gasteiger partial charge in [0, 0.05) is 11.8 Å². The number of benzene rings is 2. The van der Waals surface area contributed by atoms with Crippen LogP contribution in [0.4, 0.5) is 0 Å². The van der Waals surface area contributed by atoms with Gasteiger partial charge in [-0.3, -0.25) is 0 Å². The van der Waals surface area contributed by atoms with Crippen LogP contribution in [0.5, 0.6) is 0 Å². The van der Waals surface area contributed by atoms with Gasteiger partial charge in [0.2, 0.25) is 0 Å². The molecule has 3 rings (SSSR count). The van der Waals surface area contributed by atoms with Crippen LogP contribution in [0.25, 0.3) is 11.1 Å². The molecule has 2 atom stereocenters. The minimum atomic E-state index is -0.0129. The Morgan fingerprint density at radius 1 is 0.667 bits per heavy atom. The maximum absolute atomic E-state index is 9.65. The van der Waals surface area contributed by atoms with Gasteiger partial charge in [0.05, 0.1) is 13.2 Å². The highest BCUT2D eigenvalue weighted by molar-refractivity contribution is 5.75. The van der Waals surface area contributed by atoms with Gasteiger partial charge in [-0.15, -0.1) is 0 Å². The molecular weight excluding hydrogens is 224 g/mol. The van der Waals surface area contributed by atoms with Crippen molar-refractivity contribution in [3.8, 4) is 11.1 Å². The summed E-state index contributed by atoms with van der Waals surface area (Å²) in [5.41, 5.74) is 4.63. The molecule has 0 saturated heterocycles. The molecule has 0 bridgehead atoms. The molecule has 2 aromatic carbocycles. The van der Waals surface area contributed by atoms with Crippen LogP contribution in [0.3, 0.4) is 0 Å². The zero-order valence-corrected chi connectivity index (χ0v) is 10.1. The van der Waals surface area contributed by atoms with Crippen molar-refractivity contribution >= 4 is 0 Å². The first-order valence-corrected chi connectivity index (χ1v) is 6.26. The molecule has 2 N–H and O–H groups in total. The van der Waals surface area contributed by atoms with Crippen molar-refractivity contribution in [1.29, 1.82) is 0 Å². The standard InChI is InChI=1S/C16H16O2/c17-9-15-13-7-3-1-5-11(13)12-6-2-4-8-14(12)16(15)10-18/h1-8,15-18H,9-10H2/t15-,16-/m1/s1. The first-order valence-electron chi connectivity index (χ1n) is 6.26. The van der Waals surface area contributed by atoms with Crippen molar-refractivity contribution in [3.05, 3.63) is 59.7 Å². The molecule has 92 valence electrons. The van der Waals surface area contributed by atoms with Crippen LogP contribution in [0.15, 0.2) is 48.5 Å². The van der Waals surface area contributed by atoms with Crippen molar-refractivity contribution in [2.24, 2.45) is 0 Å². The average Bonchev–Trinajstić information content (AvgIpc) is 2.45. The fourth-order valence-corrected chi connectivity index (χ4v) is 3.02. The summed E-state index contributed by atoms with van der Waals surface area (Å²) < 4.78 is 0. The predicted molar refractivity (Wildman–Crippen MR) is 71.5 cm³/mol. The molecule has 0 amide bonds. The molecular formula is C16H16O2. The van der Waals surface area contributed by atoms with E-state index in [9.17, 15) is 10.2 Å². The molecule has 0 aliphatic heterocycles. The van der Waals surface area contributed by atoms with Gasteiger partial charge in [0.15, 0.2) is 0 Å². The minimum Gasteiger partial charge on any atom is -0.396 e. The fraction of sp³-hybridized carbons (Fsp3) is 0.250. The summed E-state index contributed by atoms with van der Waals surface area (Å²) in [6.45, 7) is 0.132. The first-order chi connectivity index (χ1) is 8.86. The Balaban J connectivity index is 2.27. The van der Waals surface area contributed by atoms with E-state index in [4.69, 9.17) is 0 Å². The number of aliphatic hydroxyl groups excluding tert-OH is 2. The SMILES string of the molecule is OC[C@@H]1c2ccccc2-c2ccccc2[C@H]1CO. The second-order valence-electron chi connectivity index (χ2n) is 4.75. The van der Waals surface area contributed by atoms with E-state index in [2.05, 4.69) is 24.3 Å². The van der Waals surface area contributed by atoms with Crippen molar-refractivity contribution in [3.63, 3.8) is 0 Å². The van der Waals surface area contributed by atoms with E-state index in [1.54, 1.807) is 0 Å². The number of fused-ring (bicyclic) bond motifs is 3. The Kier molecular flexibility index (Phi) is 2.90. The van der Waals surface area contributed by atoms with Crippen LogP contribution in [0.2, 0.25) is 0 Å². The van der Waals surface area contributed by atoms with E-state index in [-0.39, 0.29) is 25.0 Å². The predicted octanol–water partition coefficient (Wildman–Crippen LogP) is 2.52. The van der Waals surface area contributed by atoms with Crippen molar-refractivity contribution in [2.45, 2.75) is 11.8 Å². The van der Waals surface area contributed by atoms with Crippen LogP contribution in [-0.2, 0) is 0 Å². The molecule has 2 aromatic rings. The third kappa shape index (κ3) is 1.57. The highest BCUT2D eigenvalue weighted by Crippen LogP contribution is 2.46. The van der Waals surface area contributed by atoms with E-state index in [0.29, 0.717) is 0 Å². The topological polar surface area (TPSA) is 40.5 Å². The van der Waals surface area contributed by atoms with E-state index in [0.717, 1.165) is 11.1 Å². The Morgan fingerprint density at radius 3 is 1.44 bits per heavy atom. The molecule has 2 nitrogen and oxygen atoms in total. The molecule has 1 aliphatic rings. The summed E-state index contributed by atoms with van der Waals surface area (Å²) >= 11 is 0. The lowest BCUT2D eigenvalue weighted by molar-refractivity contribution is 0.195. The summed E-state index contributed by atoms with van der Waals surface area (Å²) in [5, 5.41) is 19.3. The van der Waals surface area contributed by atoms with Crippen molar-refractivity contribution in [2.75, 3.05) is 13.2 Å². The van der Waals surface area contributed by atoms with Gasteiger partial charge in [-0.2, -0.15) is 0 Å². The summed E-state index contributed by atoms with van der Waals surface area (Å²) in [7, 11) is 0. The maximum Gasteiger partial charge on any atom is 0.0506 e. The number of aliphatic hydroxyl groups is 2. The molecule has 18 heavy (non-hydrogen) atoms. The van der Waals surface area contributed by atoms with Gasteiger partial charge in [-0.25, -0.2) is 0 Å². The molecule has 0 aromatic heterocycles. The molecule has 0 saturated carbocycles. The average molecular weight is 240 g/mol. The normalized spacial score (nSPS) is 21.2. The second-order valence-corrected chi connectivity index (χ2v) is 4.75.